The van der Waals surface area contributed by atoms with Crippen LogP contribution in [0.2, 0.25) is 0 Å². The van der Waals surface area contributed by atoms with E-state index in [-0.39, 0.29) is 0 Å². The molecule has 0 saturated heterocycles. The van der Waals surface area contributed by atoms with Crippen molar-refractivity contribution >= 4 is 5.69 Å². The van der Waals surface area contributed by atoms with Crippen molar-refractivity contribution in [1.29, 1.82) is 0 Å². The maximum atomic E-state index is 6.85. The van der Waals surface area contributed by atoms with Gasteiger partial charge in [0, 0.05) is 0 Å². The third-order valence-electron chi connectivity index (χ3n) is 1.84. The van der Waals surface area contributed by atoms with Crippen LogP contribution in [0.3, 0.4) is 0 Å². The highest BCUT2D eigenvalue weighted by Gasteiger charge is 2.02. The van der Waals surface area contributed by atoms with Gasteiger partial charge in [-0.3, -0.25) is 0 Å². The molecule has 0 fully saturated rings. The van der Waals surface area contributed by atoms with Gasteiger partial charge in [0.05, 0.1) is 6.57 Å². The first-order chi connectivity index (χ1) is 5.90. The molecule has 0 aliphatic heterocycles. The first-order valence-electron chi connectivity index (χ1n) is 3.76. The minimum absolute atomic E-state index is 0.719. The molecular weight excluding hydrogens is 146 g/mol. The van der Waals surface area contributed by atoms with Crippen LogP contribution in [0.1, 0.15) is 0 Å². The van der Waals surface area contributed by atoms with Gasteiger partial charge in [-0.05, 0) is 23.3 Å². The van der Waals surface area contributed by atoms with Gasteiger partial charge in [0.1, 0.15) is 0 Å². The van der Waals surface area contributed by atoms with Gasteiger partial charge in [0.2, 0.25) is 0 Å². The quantitative estimate of drug-likeness (QED) is 0.511. The van der Waals surface area contributed by atoms with E-state index in [1.807, 2.05) is 42.5 Å². The second-order valence-corrected chi connectivity index (χ2v) is 2.65. The van der Waals surface area contributed by atoms with Crippen molar-refractivity contribution in [2.75, 3.05) is 0 Å². The van der Waals surface area contributed by atoms with Gasteiger partial charge < -0.3 is 0 Å². The van der Waals surface area contributed by atoms with Crippen LogP contribution < -0.4 is 0 Å². The predicted molar refractivity (Wildman–Crippen MR) is 49.3 cm³/mol. The van der Waals surface area contributed by atoms with E-state index in [4.69, 9.17) is 6.57 Å². The van der Waals surface area contributed by atoms with Crippen LogP contribution in [0.4, 0.5) is 5.69 Å². The highest BCUT2D eigenvalue weighted by Crippen LogP contribution is 2.29. The Morgan fingerprint density at radius 1 is 0.917 bits per heavy atom. The summed E-state index contributed by atoms with van der Waals surface area (Å²) in [5.41, 5.74) is 2.98. The molecular formula is C11H7N. The summed E-state index contributed by atoms with van der Waals surface area (Å²) in [5, 5.41) is 0. The van der Waals surface area contributed by atoms with Crippen molar-refractivity contribution in [2.45, 2.75) is 0 Å². The summed E-state index contributed by atoms with van der Waals surface area (Å²) >= 11 is 0. The molecule has 1 nitrogen and oxygen atoms in total. The molecule has 0 aromatic carbocycles. The summed E-state index contributed by atoms with van der Waals surface area (Å²) in [6.45, 7) is 6.85. The molecule has 2 aliphatic carbocycles. The third-order valence-corrected chi connectivity index (χ3v) is 1.84. The summed E-state index contributed by atoms with van der Waals surface area (Å²) in [4.78, 5) is 3.38. The van der Waals surface area contributed by atoms with Crippen LogP contribution in [-0.4, -0.2) is 0 Å². The molecule has 0 aromatic heterocycles. The first kappa shape index (κ1) is 6.87. The second kappa shape index (κ2) is 2.67. The number of fused-ring (bicyclic) bond motifs is 1. The lowest BCUT2D eigenvalue weighted by Gasteiger charge is -1.86. The fourth-order valence-electron chi connectivity index (χ4n) is 1.26. The molecule has 0 saturated carbocycles. The molecule has 0 N–H and O–H groups in total. The largest absolute Gasteiger partial charge is 0.238 e. The highest BCUT2D eigenvalue weighted by atomic mass is 14.6. The van der Waals surface area contributed by atoms with Crippen LogP contribution in [0.25, 0.3) is 16.0 Å². The van der Waals surface area contributed by atoms with E-state index in [2.05, 4.69) is 4.85 Å². The van der Waals surface area contributed by atoms with E-state index in [9.17, 15) is 0 Å². The van der Waals surface area contributed by atoms with E-state index in [1.54, 1.807) is 0 Å². The molecule has 0 unspecified atom stereocenters. The molecule has 0 amide bonds. The third kappa shape index (κ3) is 1.04. The number of hydrogen-bond acceptors (Lipinski definition) is 0. The molecule has 0 radical (unpaired) electrons. The highest BCUT2D eigenvalue weighted by molar-refractivity contribution is 5.75. The van der Waals surface area contributed by atoms with Crippen molar-refractivity contribution in [1.82, 2.24) is 0 Å². The molecule has 0 atom stereocenters. The van der Waals surface area contributed by atoms with Gasteiger partial charge in [-0.2, -0.15) is 0 Å². The lowest BCUT2D eigenvalue weighted by Crippen LogP contribution is -1.59. The maximum Gasteiger partial charge on any atom is 0.188 e. The van der Waals surface area contributed by atoms with Gasteiger partial charge >= 0.3 is 0 Å². The Bertz CT molecular complexity index is 381. The normalized spacial score (nSPS) is 9.58. The lowest BCUT2D eigenvalue weighted by molar-refractivity contribution is 1.84. The number of nitrogens with zero attached hydrogens (tertiary/aromatic N) is 1. The smallest absolute Gasteiger partial charge is 0.188 e. The Kier molecular flexibility index (Phi) is 1.53. The lowest BCUT2D eigenvalue weighted by atomic mass is 10.2. The molecule has 0 heterocycles. The fraction of sp³-hybridized carbons (Fsp3) is 0. The zero-order valence-electron chi connectivity index (χ0n) is 6.49. The van der Waals surface area contributed by atoms with Crippen LogP contribution >= 0.6 is 0 Å². The van der Waals surface area contributed by atoms with E-state index >= 15 is 0 Å². The number of hydrogen-bond donors (Lipinski definition) is 0. The number of rotatable bonds is 0. The summed E-state index contributed by atoms with van der Waals surface area (Å²) < 4.78 is 0. The Morgan fingerprint density at radius 2 is 1.50 bits per heavy atom. The Hall–Kier alpha value is -1.81. The van der Waals surface area contributed by atoms with Gasteiger partial charge in [-0.15, -0.1) is 0 Å². The molecule has 12 heavy (non-hydrogen) atoms. The van der Waals surface area contributed by atoms with E-state index < -0.39 is 0 Å². The van der Waals surface area contributed by atoms with E-state index in [1.165, 1.54) is 0 Å². The summed E-state index contributed by atoms with van der Waals surface area (Å²) in [6.07, 6.45) is 0. The monoisotopic (exact) mass is 153 g/mol. The molecule has 2 aliphatic rings. The van der Waals surface area contributed by atoms with Crippen LogP contribution in [-0.2, 0) is 0 Å². The fourth-order valence-corrected chi connectivity index (χ4v) is 1.26. The summed E-state index contributed by atoms with van der Waals surface area (Å²) in [5.74, 6) is 0. The second-order valence-electron chi connectivity index (χ2n) is 2.65. The standard InChI is InChI=1S/C11H7N/c1-12-11-7-9-5-3-2-4-6-10(9)8-11/h2-8H. The summed E-state index contributed by atoms with van der Waals surface area (Å²) in [7, 11) is 0. The Labute approximate surface area is 71.4 Å². The van der Waals surface area contributed by atoms with Crippen molar-refractivity contribution in [3.63, 3.8) is 0 Å². The minimum atomic E-state index is 0.719. The van der Waals surface area contributed by atoms with Crippen molar-refractivity contribution < 1.29 is 0 Å². The Morgan fingerprint density at radius 3 is 2.00 bits per heavy atom. The van der Waals surface area contributed by atoms with Gasteiger partial charge in [-0.1, -0.05) is 30.3 Å². The topological polar surface area (TPSA) is 4.36 Å². The maximum absolute atomic E-state index is 6.85. The van der Waals surface area contributed by atoms with Crippen LogP contribution in [0.15, 0.2) is 42.5 Å². The molecule has 2 rings (SSSR count). The van der Waals surface area contributed by atoms with Gasteiger partial charge in [-0.25, -0.2) is 4.85 Å². The Balaban J connectivity index is 2.71. The zero-order valence-corrected chi connectivity index (χ0v) is 6.49. The summed E-state index contributed by atoms with van der Waals surface area (Å²) in [6, 6.07) is 13.8. The zero-order chi connectivity index (χ0) is 8.39. The SMILES string of the molecule is [C-]#[N+]c1cc2cccccc-2c1. The first-order valence-corrected chi connectivity index (χ1v) is 3.76. The van der Waals surface area contributed by atoms with Crippen LogP contribution in [0.5, 0.6) is 0 Å². The van der Waals surface area contributed by atoms with Crippen molar-refractivity contribution in [2.24, 2.45) is 0 Å². The van der Waals surface area contributed by atoms with Crippen LogP contribution in [0, 0.1) is 6.57 Å². The average Bonchev–Trinajstić information content (AvgIpc) is 2.37. The molecule has 56 valence electrons. The van der Waals surface area contributed by atoms with Gasteiger partial charge in [0.15, 0.2) is 5.69 Å². The van der Waals surface area contributed by atoms with E-state index in [0.717, 1.165) is 16.8 Å². The van der Waals surface area contributed by atoms with E-state index in [0.29, 0.717) is 0 Å². The minimum Gasteiger partial charge on any atom is -0.238 e. The average molecular weight is 153 g/mol. The molecule has 0 spiro atoms. The van der Waals surface area contributed by atoms with Gasteiger partial charge in [0.25, 0.3) is 0 Å². The molecule has 0 aromatic rings. The van der Waals surface area contributed by atoms with Crippen molar-refractivity contribution in [3.8, 4) is 11.1 Å². The molecule has 1 heteroatoms. The molecule has 0 bridgehead atoms. The predicted octanol–water partition coefficient (Wildman–Crippen LogP) is 3.34. The van der Waals surface area contributed by atoms with Crippen molar-refractivity contribution in [3.05, 3.63) is 53.9 Å².